The van der Waals surface area contributed by atoms with Gasteiger partial charge in [0.25, 0.3) is 0 Å². The average molecular weight is 909 g/mol. The van der Waals surface area contributed by atoms with E-state index >= 15 is 0 Å². The fourth-order valence-electron chi connectivity index (χ4n) is 8.65. The minimum Gasteiger partial charge on any atom is -0.512 e. The van der Waals surface area contributed by atoms with Gasteiger partial charge in [-0.1, -0.05) is 124 Å². The number of hydrogen-bond donors (Lipinski definition) is 1. The monoisotopic (exact) mass is 909 g/mol. The van der Waals surface area contributed by atoms with Crippen molar-refractivity contribution in [2.75, 3.05) is 0 Å². The fraction of sp³-hybridized carbons (Fsp3) is 0.532. The molecule has 2 aromatic carbocycles. The van der Waals surface area contributed by atoms with Crippen LogP contribution >= 0.6 is 0 Å². The van der Waals surface area contributed by atoms with E-state index in [1.807, 2.05) is 13.0 Å². The first-order valence-electron chi connectivity index (χ1n) is 19.9. The molecular weight excluding hydrogens is 847 g/mol. The Bertz CT molecular complexity index is 2060. The maximum absolute atomic E-state index is 12.3. The van der Waals surface area contributed by atoms with E-state index in [0.29, 0.717) is 29.6 Å². The van der Waals surface area contributed by atoms with E-state index in [4.69, 9.17) is 9.40 Å². The van der Waals surface area contributed by atoms with Gasteiger partial charge in [0.15, 0.2) is 5.78 Å². The standard InChI is InChI=1S/C30H30N3O.C17H32O2.Ir/c1-18-10-11-21-14-22(15-24(26(21)33-18)30(2,3)4)27-29-28(32-17-31-27)23-13-12-20(16-25(23)34-29)19-8-6-5-7-9-19;1-10(2)16(11(3)4)14(18)9-15(19)17(12(5)6)13(7)8;/h10-13,15-17,19H,5-9H2,1-4H3;9-13,16-18H,1-8H3;/q-1;;/b;14-9-;. The number of benzene rings is 2. The largest absolute Gasteiger partial charge is 0.512 e. The van der Waals surface area contributed by atoms with Gasteiger partial charge in [-0.05, 0) is 72.5 Å². The normalized spacial score (nSPS) is 14.6. The number of allylic oxidation sites excluding steroid dienone is 2. The molecule has 1 aliphatic rings. The smallest absolute Gasteiger partial charge is 0.162 e. The number of fused-ring (bicyclic) bond motifs is 4. The van der Waals surface area contributed by atoms with E-state index in [2.05, 4.69) is 123 Å². The molecule has 54 heavy (non-hydrogen) atoms. The molecule has 1 fully saturated rings. The zero-order chi connectivity index (χ0) is 38.8. The van der Waals surface area contributed by atoms with Gasteiger partial charge in [-0.3, -0.25) is 14.8 Å². The van der Waals surface area contributed by atoms with Crippen molar-refractivity contribution in [3.8, 4) is 11.3 Å². The maximum atomic E-state index is 12.3. The molecule has 7 heteroatoms. The number of aliphatic hydroxyl groups excluding tert-OH is 1. The maximum Gasteiger partial charge on any atom is 0.162 e. The Balaban J connectivity index is 0.000000281. The number of aromatic nitrogens is 3. The molecule has 1 N–H and O–H groups in total. The molecule has 0 bridgehead atoms. The Labute approximate surface area is 337 Å². The summed E-state index contributed by atoms with van der Waals surface area (Å²) in [7, 11) is 0. The van der Waals surface area contributed by atoms with E-state index in [9.17, 15) is 9.90 Å². The van der Waals surface area contributed by atoms with Crippen molar-refractivity contribution in [1.29, 1.82) is 0 Å². The first-order valence-corrected chi connectivity index (χ1v) is 19.9. The fourth-order valence-corrected chi connectivity index (χ4v) is 8.65. The minimum absolute atomic E-state index is 0. The molecule has 0 amide bonds. The van der Waals surface area contributed by atoms with Gasteiger partial charge in [-0.25, -0.2) is 4.98 Å². The van der Waals surface area contributed by atoms with E-state index in [1.54, 1.807) is 6.33 Å². The number of ketones is 1. The predicted octanol–water partition coefficient (Wildman–Crippen LogP) is 12.9. The third-order valence-electron chi connectivity index (χ3n) is 11.1. The molecule has 3 heterocycles. The number of pyridine rings is 1. The molecule has 5 aromatic rings. The zero-order valence-electron chi connectivity index (χ0n) is 34.6. The van der Waals surface area contributed by atoms with Crippen LogP contribution in [0.5, 0.6) is 0 Å². The van der Waals surface area contributed by atoms with Gasteiger partial charge in [0, 0.05) is 54.6 Å². The van der Waals surface area contributed by atoms with Gasteiger partial charge >= 0.3 is 0 Å². The molecule has 293 valence electrons. The van der Waals surface area contributed by atoms with Crippen LogP contribution in [0.1, 0.15) is 131 Å². The number of aliphatic hydroxyl groups is 1. The molecule has 0 spiro atoms. The second-order valence-electron chi connectivity index (χ2n) is 17.8. The van der Waals surface area contributed by atoms with Gasteiger partial charge in [0.2, 0.25) is 0 Å². The van der Waals surface area contributed by atoms with Crippen molar-refractivity contribution in [3.05, 3.63) is 77.4 Å². The van der Waals surface area contributed by atoms with Crippen molar-refractivity contribution in [3.63, 3.8) is 0 Å². The third kappa shape index (κ3) is 9.69. The molecule has 0 atom stereocenters. The van der Waals surface area contributed by atoms with Crippen LogP contribution < -0.4 is 0 Å². The van der Waals surface area contributed by atoms with Crippen LogP contribution in [0, 0.1) is 48.5 Å². The van der Waals surface area contributed by atoms with Crippen molar-refractivity contribution in [2.45, 2.75) is 127 Å². The van der Waals surface area contributed by atoms with Gasteiger partial charge in [0.05, 0.1) is 11.5 Å². The first-order chi connectivity index (χ1) is 25.0. The van der Waals surface area contributed by atoms with Gasteiger partial charge in [-0.15, -0.1) is 18.2 Å². The van der Waals surface area contributed by atoms with Crippen LogP contribution in [0.3, 0.4) is 0 Å². The van der Waals surface area contributed by atoms with Crippen LogP contribution in [-0.2, 0) is 30.3 Å². The molecule has 0 unspecified atom stereocenters. The molecule has 0 saturated heterocycles. The molecule has 1 saturated carbocycles. The van der Waals surface area contributed by atoms with Gasteiger partial charge in [-0.2, -0.15) is 0 Å². The molecule has 6 nitrogen and oxygen atoms in total. The number of furan rings is 1. The second kappa shape index (κ2) is 18.0. The van der Waals surface area contributed by atoms with Crippen molar-refractivity contribution < 1.29 is 34.4 Å². The summed E-state index contributed by atoms with van der Waals surface area (Å²) in [6, 6.07) is 16.6. The Morgan fingerprint density at radius 3 is 2.07 bits per heavy atom. The number of aryl methyl sites for hydroxylation is 1. The minimum atomic E-state index is -0.0716. The van der Waals surface area contributed by atoms with Crippen molar-refractivity contribution in [2.24, 2.45) is 35.5 Å². The summed E-state index contributed by atoms with van der Waals surface area (Å²) in [5.41, 5.74) is 8.70. The quantitative estimate of drug-likeness (QED) is 0.0900. The van der Waals surface area contributed by atoms with Crippen LogP contribution in [0.25, 0.3) is 44.2 Å². The van der Waals surface area contributed by atoms with Crippen LogP contribution in [0.4, 0.5) is 0 Å². The third-order valence-corrected chi connectivity index (χ3v) is 11.1. The number of nitrogens with zero attached hydrogens (tertiary/aromatic N) is 3. The van der Waals surface area contributed by atoms with Crippen molar-refractivity contribution in [1.82, 2.24) is 15.0 Å². The average Bonchev–Trinajstić information content (AvgIpc) is 3.45. The Hall–Kier alpha value is -3.41. The second-order valence-corrected chi connectivity index (χ2v) is 17.8. The summed E-state index contributed by atoms with van der Waals surface area (Å²) < 4.78 is 6.47. The van der Waals surface area contributed by atoms with E-state index in [1.165, 1.54) is 49.3 Å². The zero-order valence-corrected chi connectivity index (χ0v) is 37.0. The van der Waals surface area contributed by atoms with E-state index in [-0.39, 0.29) is 48.9 Å². The SMILES string of the molecule is CC(C)C(C(=O)/C=C(\O)C(C(C)C)C(C)C)C(C)C.Cc1ccc2[c-]c(-c3ncnc4c3oc3cc(C5CCCCC5)ccc34)cc(C(C)(C)C)c2n1.[Ir]. The summed E-state index contributed by atoms with van der Waals surface area (Å²) >= 11 is 0. The molecule has 6 rings (SSSR count). The topological polar surface area (TPSA) is 89.1 Å². The molecule has 1 aliphatic carbocycles. The number of hydrogen-bond acceptors (Lipinski definition) is 6. The van der Waals surface area contributed by atoms with E-state index < -0.39 is 0 Å². The molecule has 3 aromatic heterocycles. The van der Waals surface area contributed by atoms with E-state index in [0.717, 1.165) is 49.9 Å². The molecule has 1 radical (unpaired) electrons. The van der Waals surface area contributed by atoms with Crippen molar-refractivity contribution >= 4 is 38.8 Å². The Kier molecular flexibility index (Phi) is 14.5. The number of rotatable bonds is 9. The molecule has 0 aliphatic heterocycles. The molecular formula is C47H62IrN3O3-. The van der Waals surface area contributed by atoms with Crippen LogP contribution in [0.2, 0.25) is 0 Å². The Morgan fingerprint density at radius 1 is 0.852 bits per heavy atom. The van der Waals surface area contributed by atoms with Crippen LogP contribution in [-0.4, -0.2) is 25.8 Å². The van der Waals surface area contributed by atoms with Gasteiger partial charge in [0.1, 0.15) is 23.0 Å². The summed E-state index contributed by atoms with van der Waals surface area (Å²) in [5.74, 6) is 2.26. The summed E-state index contributed by atoms with van der Waals surface area (Å²) in [6.07, 6.45) is 9.66. The summed E-state index contributed by atoms with van der Waals surface area (Å²) in [4.78, 5) is 26.5. The number of carbonyl (C=O) groups is 1. The Morgan fingerprint density at radius 2 is 1.48 bits per heavy atom. The van der Waals surface area contributed by atoms with Gasteiger partial charge < -0.3 is 9.52 Å². The summed E-state index contributed by atoms with van der Waals surface area (Å²) in [6.45, 7) is 25.3. The number of carbonyl (C=O) groups excluding carboxylic acids is 1. The summed E-state index contributed by atoms with van der Waals surface area (Å²) in [5, 5.41) is 12.3. The van der Waals surface area contributed by atoms with Crippen LogP contribution in [0.15, 0.2) is 59.0 Å². The first kappa shape index (κ1) is 43.3. The predicted molar refractivity (Wildman–Crippen MR) is 220 cm³/mol.